The minimum absolute atomic E-state index is 0.0247. The lowest BCUT2D eigenvalue weighted by Gasteiger charge is -2.10. The highest BCUT2D eigenvalue weighted by Crippen LogP contribution is 2.41. The van der Waals surface area contributed by atoms with Crippen LogP contribution in [0.3, 0.4) is 0 Å². The van der Waals surface area contributed by atoms with Crippen molar-refractivity contribution in [3.05, 3.63) is 84.6 Å². The number of benzene rings is 2. The van der Waals surface area contributed by atoms with Gasteiger partial charge >= 0.3 is 0 Å². The van der Waals surface area contributed by atoms with E-state index < -0.39 is 9.84 Å². The van der Waals surface area contributed by atoms with Gasteiger partial charge in [-0.3, -0.25) is 0 Å². The molecular formula is C21H17NO4S2. The van der Waals surface area contributed by atoms with Crippen LogP contribution in [-0.4, -0.2) is 13.4 Å². The van der Waals surface area contributed by atoms with Crippen molar-refractivity contribution in [1.29, 1.82) is 0 Å². The lowest BCUT2D eigenvalue weighted by molar-refractivity contribution is 0.450. The number of hydrogen-bond donors (Lipinski definition) is 0. The molecule has 4 aromatic rings. The summed E-state index contributed by atoms with van der Waals surface area (Å²) in [5, 5.41) is 0.118. The molecule has 4 rings (SSSR count). The first-order valence-corrected chi connectivity index (χ1v) is 11.0. The lowest BCUT2D eigenvalue weighted by Crippen LogP contribution is -2.04. The van der Waals surface area contributed by atoms with Gasteiger partial charge < -0.3 is 8.83 Å². The number of nitrogens with zero attached hydrogens (tertiary/aromatic N) is 1. The summed E-state index contributed by atoms with van der Waals surface area (Å²) in [7, 11) is -3.84. The second-order valence-corrected chi connectivity index (χ2v) is 9.25. The molecule has 7 heteroatoms. The fourth-order valence-electron chi connectivity index (χ4n) is 2.71. The highest BCUT2D eigenvalue weighted by atomic mass is 32.2. The fraction of sp³-hybridized carbons (Fsp3) is 0.0952. The first-order chi connectivity index (χ1) is 13.6. The molecule has 1 atom stereocenters. The third kappa shape index (κ3) is 3.63. The van der Waals surface area contributed by atoms with Crippen molar-refractivity contribution in [2.24, 2.45) is 0 Å². The number of sulfone groups is 1. The highest BCUT2D eigenvalue weighted by Gasteiger charge is 2.30. The zero-order chi connectivity index (χ0) is 19.6. The molecule has 0 N–H and O–H groups in total. The van der Waals surface area contributed by atoms with Crippen LogP contribution in [0.4, 0.5) is 0 Å². The molecule has 0 aliphatic rings. The summed E-state index contributed by atoms with van der Waals surface area (Å²) in [4.78, 5) is 4.45. The predicted molar refractivity (Wildman–Crippen MR) is 107 cm³/mol. The van der Waals surface area contributed by atoms with Crippen LogP contribution >= 0.6 is 11.8 Å². The average molecular weight is 412 g/mol. The normalized spacial score (nSPS) is 12.8. The van der Waals surface area contributed by atoms with E-state index in [4.69, 9.17) is 8.83 Å². The standard InChI is InChI=1S/C21H17NO4S2/c1-15(16-9-4-2-5-10-16)27-21-20(22-19(26-21)18-13-8-14-25-18)28(23,24)17-11-6-3-7-12-17/h2-15H,1H3. The quantitative estimate of drug-likeness (QED) is 0.383. The molecule has 0 fully saturated rings. The second kappa shape index (κ2) is 7.69. The maximum absolute atomic E-state index is 13.2. The van der Waals surface area contributed by atoms with E-state index >= 15 is 0 Å². The topological polar surface area (TPSA) is 73.3 Å². The molecule has 0 bridgehead atoms. The number of hydrogen-bond acceptors (Lipinski definition) is 6. The van der Waals surface area contributed by atoms with Gasteiger partial charge in [0.1, 0.15) is 0 Å². The zero-order valence-corrected chi connectivity index (χ0v) is 16.6. The smallest absolute Gasteiger partial charge is 0.265 e. The summed E-state index contributed by atoms with van der Waals surface area (Å²) in [5.74, 6) is 0.519. The van der Waals surface area contributed by atoms with Gasteiger partial charge in [0.05, 0.1) is 11.2 Å². The molecule has 0 saturated carbocycles. The minimum Gasteiger partial charge on any atom is -0.459 e. The van der Waals surface area contributed by atoms with Crippen molar-refractivity contribution in [3.8, 4) is 11.7 Å². The number of furan rings is 1. The molecular weight excluding hydrogens is 394 g/mol. The van der Waals surface area contributed by atoms with Crippen molar-refractivity contribution in [2.45, 2.75) is 27.2 Å². The Kier molecular flexibility index (Phi) is 5.11. The van der Waals surface area contributed by atoms with Crippen LogP contribution in [-0.2, 0) is 9.84 Å². The van der Waals surface area contributed by atoms with Gasteiger partial charge in [-0.1, -0.05) is 60.3 Å². The molecule has 28 heavy (non-hydrogen) atoms. The molecule has 0 aliphatic heterocycles. The van der Waals surface area contributed by atoms with Gasteiger partial charge in [-0.15, -0.1) is 0 Å². The summed E-state index contributed by atoms with van der Waals surface area (Å²) < 4.78 is 37.6. The molecule has 1 unspecified atom stereocenters. The van der Waals surface area contributed by atoms with Crippen molar-refractivity contribution in [3.63, 3.8) is 0 Å². The molecule has 2 aromatic heterocycles. The van der Waals surface area contributed by atoms with Crippen LogP contribution in [0.2, 0.25) is 0 Å². The first kappa shape index (κ1) is 18.6. The van der Waals surface area contributed by atoms with E-state index in [0.717, 1.165) is 5.56 Å². The molecule has 0 spiro atoms. The first-order valence-electron chi connectivity index (χ1n) is 8.62. The number of rotatable bonds is 6. The maximum atomic E-state index is 13.2. The van der Waals surface area contributed by atoms with Crippen LogP contribution in [0.5, 0.6) is 0 Å². The van der Waals surface area contributed by atoms with Gasteiger partial charge in [-0.2, -0.15) is 4.98 Å². The van der Waals surface area contributed by atoms with Gasteiger partial charge in [-0.25, -0.2) is 8.42 Å². The molecule has 0 aliphatic carbocycles. The van der Waals surface area contributed by atoms with Crippen LogP contribution in [0.15, 0.2) is 103 Å². The van der Waals surface area contributed by atoms with Crippen LogP contribution < -0.4 is 0 Å². The van der Waals surface area contributed by atoms with Gasteiger partial charge in [-0.05, 0) is 36.8 Å². The monoisotopic (exact) mass is 411 g/mol. The molecule has 142 valence electrons. The van der Waals surface area contributed by atoms with Gasteiger partial charge in [0.2, 0.25) is 20.0 Å². The fourth-order valence-corrected chi connectivity index (χ4v) is 5.27. The third-order valence-electron chi connectivity index (χ3n) is 4.16. The van der Waals surface area contributed by atoms with E-state index in [-0.39, 0.29) is 26.2 Å². The summed E-state index contributed by atoms with van der Waals surface area (Å²) in [6.07, 6.45) is 1.49. The average Bonchev–Trinajstić information content (AvgIpc) is 3.39. The number of oxazole rings is 1. The number of aromatic nitrogens is 1. The van der Waals surface area contributed by atoms with E-state index in [2.05, 4.69) is 4.98 Å². The van der Waals surface area contributed by atoms with Gasteiger partial charge in [0, 0.05) is 5.25 Å². The van der Waals surface area contributed by atoms with E-state index in [1.165, 1.54) is 18.0 Å². The largest absolute Gasteiger partial charge is 0.459 e. The molecule has 5 nitrogen and oxygen atoms in total. The van der Waals surface area contributed by atoms with E-state index in [1.807, 2.05) is 37.3 Å². The Balaban J connectivity index is 1.78. The predicted octanol–water partition coefficient (Wildman–Crippen LogP) is 5.62. The Hall–Kier alpha value is -2.77. The SMILES string of the molecule is CC(Sc1oc(-c2ccco2)nc1S(=O)(=O)c1ccccc1)c1ccccc1. The lowest BCUT2D eigenvalue weighted by atomic mass is 10.2. The summed E-state index contributed by atoms with van der Waals surface area (Å²) in [5.41, 5.74) is 1.06. The molecule has 0 radical (unpaired) electrons. The molecule has 2 heterocycles. The summed E-state index contributed by atoms with van der Waals surface area (Å²) >= 11 is 1.31. The van der Waals surface area contributed by atoms with Crippen LogP contribution in [0.25, 0.3) is 11.7 Å². The van der Waals surface area contributed by atoms with Crippen molar-refractivity contribution in [2.75, 3.05) is 0 Å². The summed E-state index contributed by atoms with van der Waals surface area (Å²) in [6, 6.07) is 21.4. The van der Waals surface area contributed by atoms with Gasteiger partial charge in [0.15, 0.2) is 5.76 Å². The summed E-state index contributed by atoms with van der Waals surface area (Å²) in [6.45, 7) is 1.99. The third-order valence-corrected chi connectivity index (χ3v) is 7.08. The Morgan fingerprint density at radius 3 is 2.25 bits per heavy atom. The van der Waals surface area contributed by atoms with Crippen LogP contribution in [0, 0.1) is 0 Å². The maximum Gasteiger partial charge on any atom is 0.265 e. The second-order valence-electron chi connectivity index (χ2n) is 6.08. The van der Waals surface area contributed by atoms with E-state index in [9.17, 15) is 8.42 Å². The Morgan fingerprint density at radius 2 is 1.61 bits per heavy atom. The van der Waals surface area contributed by atoms with E-state index in [0.29, 0.717) is 5.76 Å². The van der Waals surface area contributed by atoms with E-state index in [1.54, 1.807) is 42.5 Å². The van der Waals surface area contributed by atoms with Crippen molar-refractivity contribution in [1.82, 2.24) is 4.98 Å². The molecule has 0 amide bonds. The van der Waals surface area contributed by atoms with Gasteiger partial charge in [0.25, 0.3) is 5.89 Å². The highest BCUT2D eigenvalue weighted by molar-refractivity contribution is 8.00. The van der Waals surface area contributed by atoms with Crippen molar-refractivity contribution >= 4 is 21.6 Å². The Labute approximate surface area is 167 Å². The minimum atomic E-state index is -3.84. The number of thioether (sulfide) groups is 1. The van der Waals surface area contributed by atoms with Crippen molar-refractivity contribution < 1.29 is 17.3 Å². The zero-order valence-electron chi connectivity index (χ0n) is 15.0. The Morgan fingerprint density at radius 1 is 0.929 bits per heavy atom. The Bertz CT molecular complexity index is 1150. The van der Waals surface area contributed by atoms with Crippen LogP contribution in [0.1, 0.15) is 17.7 Å². The molecule has 2 aromatic carbocycles. The molecule has 0 saturated heterocycles.